The normalized spacial score (nSPS) is 36.2. The van der Waals surface area contributed by atoms with E-state index in [9.17, 15) is 0 Å². The van der Waals surface area contributed by atoms with Gasteiger partial charge in [0.15, 0.2) is 0 Å². The zero-order valence-corrected chi connectivity index (χ0v) is 7.76. The van der Waals surface area contributed by atoms with Crippen molar-refractivity contribution in [3.05, 3.63) is 0 Å². The predicted octanol–water partition coefficient (Wildman–Crippen LogP) is 2.03. The lowest BCUT2D eigenvalue weighted by molar-refractivity contribution is 0.278. The van der Waals surface area contributed by atoms with E-state index in [0.29, 0.717) is 0 Å². The van der Waals surface area contributed by atoms with Crippen molar-refractivity contribution in [2.75, 3.05) is 13.1 Å². The first-order chi connectivity index (χ1) is 5.95. The number of hydrogen-bond acceptors (Lipinski definition) is 1. The van der Waals surface area contributed by atoms with Crippen LogP contribution in [0, 0.1) is 23.7 Å². The Hall–Kier alpha value is -0.0400. The van der Waals surface area contributed by atoms with Crippen molar-refractivity contribution < 1.29 is 0 Å². The second-order valence-electron chi connectivity index (χ2n) is 5.01. The van der Waals surface area contributed by atoms with E-state index in [1.54, 1.807) is 25.7 Å². The first kappa shape index (κ1) is 7.37. The highest BCUT2D eigenvalue weighted by Crippen LogP contribution is 2.53. The molecule has 1 aliphatic heterocycles. The monoisotopic (exact) mass is 165 g/mol. The zero-order valence-electron chi connectivity index (χ0n) is 7.76. The summed E-state index contributed by atoms with van der Waals surface area (Å²) in [6.07, 6.45) is 7.68. The summed E-state index contributed by atoms with van der Waals surface area (Å²) in [5, 5.41) is 3.52. The van der Waals surface area contributed by atoms with Gasteiger partial charge in [-0.05, 0) is 68.9 Å². The standard InChI is InChI=1S/C11H19N/c1-2-8(1)11(9-3-4-9)10-5-6-12-7-10/h8-12H,1-7H2. The van der Waals surface area contributed by atoms with Gasteiger partial charge in [-0.3, -0.25) is 0 Å². The van der Waals surface area contributed by atoms with Crippen LogP contribution in [-0.4, -0.2) is 13.1 Å². The number of rotatable bonds is 3. The molecule has 0 bridgehead atoms. The van der Waals surface area contributed by atoms with Gasteiger partial charge in [-0.1, -0.05) is 0 Å². The molecule has 1 nitrogen and oxygen atoms in total. The van der Waals surface area contributed by atoms with E-state index in [-0.39, 0.29) is 0 Å². The van der Waals surface area contributed by atoms with E-state index in [1.165, 1.54) is 19.5 Å². The molecule has 1 atom stereocenters. The minimum absolute atomic E-state index is 1.06. The first-order valence-electron chi connectivity index (χ1n) is 5.66. The Morgan fingerprint density at radius 1 is 0.833 bits per heavy atom. The minimum atomic E-state index is 1.06. The molecule has 0 spiro atoms. The molecule has 0 amide bonds. The lowest BCUT2D eigenvalue weighted by atomic mass is 9.83. The van der Waals surface area contributed by atoms with Crippen molar-refractivity contribution in [1.82, 2.24) is 5.32 Å². The Morgan fingerprint density at radius 3 is 1.92 bits per heavy atom. The van der Waals surface area contributed by atoms with E-state index < -0.39 is 0 Å². The van der Waals surface area contributed by atoms with E-state index in [2.05, 4.69) is 5.32 Å². The van der Waals surface area contributed by atoms with Crippen LogP contribution in [0.2, 0.25) is 0 Å². The topological polar surface area (TPSA) is 12.0 Å². The smallest absolute Gasteiger partial charge is 0.00172 e. The fourth-order valence-corrected chi connectivity index (χ4v) is 3.12. The maximum atomic E-state index is 3.52. The van der Waals surface area contributed by atoms with Crippen LogP contribution in [0.4, 0.5) is 0 Å². The third kappa shape index (κ3) is 1.28. The summed E-state index contributed by atoms with van der Waals surface area (Å²) in [6, 6.07) is 0. The van der Waals surface area contributed by atoms with Gasteiger partial charge in [0.05, 0.1) is 0 Å². The molecule has 1 heteroatoms. The molecule has 0 aromatic rings. The van der Waals surface area contributed by atoms with Crippen LogP contribution in [0.5, 0.6) is 0 Å². The van der Waals surface area contributed by atoms with E-state index in [1.807, 2.05) is 0 Å². The van der Waals surface area contributed by atoms with Crippen molar-refractivity contribution in [3.8, 4) is 0 Å². The molecule has 2 aliphatic carbocycles. The van der Waals surface area contributed by atoms with Crippen LogP contribution < -0.4 is 5.32 Å². The minimum Gasteiger partial charge on any atom is -0.316 e. The molecule has 0 aromatic heterocycles. The van der Waals surface area contributed by atoms with Crippen molar-refractivity contribution >= 4 is 0 Å². The summed E-state index contributed by atoms with van der Waals surface area (Å²) in [5.41, 5.74) is 0. The Bertz CT molecular complexity index is 152. The molecular weight excluding hydrogens is 146 g/mol. The van der Waals surface area contributed by atoms with Gasteiger partial charge >= 0.3 is 0 Å². The fourth-order valence-electron chi connectivity index (χ4n) is 3.12. The molecule has 1 N–H and O–H groups in total. The molecule has 3 aliphatic rings. The SMILES string of the molecule is C1CC(C(C2CC2)C2CC2)CN1. The molecule has 0 radical (unpaired) electrons. The highest BCUT2D eigenvalue weighted by molar-refractivity contribution is 4.96. The van der Waals surface area contributed by atoms with Gasteiger partial charge in [0, 0.05) is 0 Å². The first-order valence-corrected chi connectivity index (χ1v) is 5.66. The van der Waals surface area contributed by atoms with Crippen molar-refractivity contribution in [3.63, 3.8) is 0 Å². The average Bonchev–Trinajstić information content (AvgIpc) is 2.95. The van der Waals surface area contributed by atoms with Gasteiger partial charge in [-0.25, -0.2) is 0 Å². The van der Waals surface area contributed by atoms with Gasteiger partial charge in [0.2, 0.25) is 0 Å². The molecule has 68 valence electrons. The summed E-state index contributed by atoms with van der Waals surface area (Å²) in [6.45, 7) is 2.62. The summed E-state index contributed by atoms with van der Waals surface area (Å²) in [5.74, 6) is 4.51. The maximum absolute atomic E-state index is 3.52. The average molecular weight is 165 g/mol. The van der Waals surface area contributed by atoms with Gasteiger partial charge in [0.25, 0.3) is 0 Å². The Balaban J connectivity index is 1.67. The molecular formula is C11H19N. The lowest BCUT2D eigenvalue weighted by Gasteiger charge is -2.22. The summed E-state index contributed by atoms with van der Waals surface area (Å²) in [4.78, 5) is 0. The lowest BCUT2D eigenvalue weighted by Crippen LogP contribution is -2.21. The van der Waals surface area contributed by atoms with Crippen LogP contribution in [0.1, 0.15) is 32.1 Å². The molecule has 0 aromatic carbocycles. The van der Waals surface area contributed by atoms with Gasteiger partial charge in [-0.2, -0.15) is 0 Å². The summed E-state index contributed by atoms with van der Waals surface area (Å²) >= 11 is 0. The van der Waals surface area contributed by atoms with Gasteiger partial charge < -0.3 is 5.32 Å². The van der Waals surface area contributed by atoms with Crippen LogP contribution >= 0.6 is 0 Å². The molecule has 2 saturated carbocycles. The highest BCUT2D eigenvalue weighted by Gasteiger charge is 2.45. The maximum Gasteiger partial charge on any atom is -0.00172 e. The predicted molar refractivity (Wildman–Crippen MR) is 49.9 cm³/mol. The summed E-state index contributed by atoms with van der Waals surface area (Å²) < 4.78 is 0. The second-order valence-corrected chi connectivity index (χ2v) is 5.01. The Labute approximate surface area is 74.9 Å². The Morgan fingerprint density at radius 2 is 1.50 bits per heavy atom. The second kappa shape index (κ2) is 2.73. The molecule has 12 heavy (non-hydrogen) atoms. The fraction of sp³-hybridized carbons (Fsp3) is 1.00. The van der Waals surface area contributed by atoms with Crippen molar-refractivity contribution in [1.29, 1.82) is 0 Å². The number of nitrogens with one attached hydrogen (secondary N) is 1. The Kier molecular flexibility index (Phi) is 1.68. The van der Waals surface area contributed by atoms with Crippen LogP contribution in [0.3, 0.4) is 0 Å². The van der Waals surface area contributed by atoms with Crippen LogP contribution in [0.25, 0.3) is 0 Å². The van der Waals surface area contributed by atoms with Crippen LogP contribution in [0.15, 0.2) is 0 Å². The highest BCUT2D eigenvalue weighted by atomic mass is 14.9. The molecule has 1 saturated heterocycles. The van der Waals surface area contributed by atoms with E-state index in [4.69, 9.17) is 0 Å². The van der Waals surface area contributed by atoms with E-state index in [0.717, 1.165) is 23.7 Å². The third-order valence-corrected chi connectivity index (χ3v) is 3.98. The van der Waals surface area contributed by atoms with E-state index >= 15 is 0 Å². The zero-order chi connectivity index (χ0) is 7.97. The van der Waals surface area contributed by atoms with Gasteiger partial charge in [-0.15, -0.1) is 0 Å². The summed E-state index contributed by atoms with van der Waals surface area (Å²) in [7, 11) is 0. The quantitative estimate of drug-likeness (QED) is 0.674. The van der Waals surface area contributed by atoms with Crippen molar-refractivity contribution in [2.24, 2.45) is 23.7 Å². The number of hydrogen-bond donors (Lipinski definition) is 1. The largest absolute Gasteiger partial charge is 0.316 e. The van der Waals surface area contributed by atoms with Gasteiger partial charge in [0.1, 0.15) is 0 Å². The third-order valence-electron chi connectivity index (χ3n) is 3.98. The molecule has 3 rings (SSSR count). The molecule has 1 unspecified atom stereocenters. The molecule has 1 heterocycles. The van der Waals surface area contributed by atoms with Crippen LogP contribution in [-0.2, 0) is 0 Å². The molecule has 3 fully saturated rings. The van der Waals surface area contributed by atoms with Crippen molar-refractivity contribution in [2.45, 2.75) is 32.1 Å².